The van der Waals surface area contributed by atoms with E-state index in [2.05, 4.69) is 5.10 Å². The number of hydrogen-bond acceptors (Lipinski definition) is 2. The topological polar surface area (TPSA) is 38.0 Å². The normalized spacial score (nSPS) is 13.3. The van der Waals surface area contributed by atoms with Gasteiger partial charge in [-0.05, 0) is 20.3 Å². The van der Waals surface area contributed by atoms with Crippen LogP contribution in [0.25, 0.3) is 0 Å². The van der Waals surface area contributed by atoms with Gasteiger partial charge >= 0.3 is 0 Å². The molecule has 0 aromatic carbocycles. The molecule has 0 amide bonds. The first-order valence-corrected chi connectivity index (χ1v) is 4.81. The third-order valence-electron chi connectivity index (χ3n) is 2.15. The molecule has 4 heteroatoms. The smallest absolute Gasteiger partial charge is 0.0844 e. The predicted octanol–water partition coefficient (Wildman–Crippen LogP) is 1.92. The Balaban J connectivity index is 2.83. The van der Waals surface area contributed by atoms with Crippen molar-refractivity contribution >= 4 is 11.6 Å². The molecule has 74 valence electrons. The largest absolute Gasteiger partial charge is 0.391 e. The fourth-order valence-corrected chi connectivity index (χ4v) is 1.32. The standard InChI is InChI=1S/C9H15ClN2O/c1-4-8(13)5-12-7(3)9(10)6(2)11-12/h8,13H,4-5H2,1-3H3. The lowest BCUT2D eigenvalue weighted by molar-refractivity contribution is 0.144. The van der Waals surface area contributed by atoms with E-state index in [0.717, 1.165) is 17.8 Å². The van der Waals surface area contributed by atoms with E-state index in [-0.39, 0.29) is 6.10 Å². The summed E-state index contributed by atoms with van der Waals surface area (Å²) in [5.74, 6) is 0. The maximum absolute atomic E-state index is 9.43. The lowest BCUT2D eigenvalue weighted by atomic mass is 10.3. The van der Waals surface area contributed by atoms with Gasteiger partial charge in [0.25, 0.3) is 0 Å². The first-order chi connectivity index (χ1) is 6.06. The van der Waals surface area contributed by atoms with Gasteiger partial charge in [-0.3, -0.25) is 4.68 Å². The molecule has 1 unspecified atom stereocenters. The monoisotopic (exact) mass is 202 g/mol. The van der Waals surface area contributed by atoms with E-state index in [0.29, 0.717) is 11.6 Å². The van der Waals surface area contributed by atoms with Gasteiger partial charge in [0.15, 0.2) is 0 Å². The highest BCUT2D eigenvalue weighted by molar-refractivity contribution is 6.31. The van der Waals surface area contributed by atoms with E-state index < -0.39 is 0 Å². The summed E-state index contributed by atoms with van der Waals surface area (Å²) in [6.07, 6.45) is 0.393. The van der Waals surface area contributed by atoms with Gasteiger partial charge in [0, 0.05) is 0 Å². The van der Waals surface area contributed by atoms with Gasteiger partial charge in [-0.15, -0.1) is 0 Å². The van der Waals surface area contributed by atoms with E-state index in [1.54, 1.807) is 4.68 Å². The molecule has 0 saturated carbocycles. The molecule has 13 heavy (non-hydrogen) atoms. The average Bonchev–Trinajstić information content (AvgIpc) is 2.34. The van der Waals surface area contributed by atoms with Crippen molar-refractivity contribution < 1.29 is 5.11 Å². The summed E-state index contributed by atoms with van der Waals surface area (Å²) in [6, 6.07) is 0. The summed E-state index contributed by atoms with van der Waals surface area (Å²) >= 11 is 5.96. The van der Waals surface area contributed by atoms with E-state index in [1.165, 1.54) is 0 Å². The predicted molar refractivity (Wildman–Crippen MR) is 53.0 cm³/mol. The van der Waals surface area contributed by atoms with E-state index in [9.17, 15) is 5.11 Å². The molecular weight excluding hydrogens is 188 g/mol. The molecule has 1 atom stereocenters. The summed E-state index contributed by atoms with van der Waals surface area (Å²) in [5, 5.41) is 14.4. The average molecular weight is 203 g/mol. The minimum atomic E-state index is -0.339. The second-order valence-electron chi connectivity index (χ2n) is 3.23. The van der Waals surface area contributed by atoms with Crippen LogP contribution in [0.4, 0.5) is 0 Å². The zero-order valence-corrected chi connectivity index (χ0v) is 8.97. The third kappa shape index (κ3) is 2.23. The minimum Gasteiger partial charge on any atom is -0.391 e. The van der Waals surface area contributed by atoms with Crippen molar-refractivity contribution in [3.63, 3.8) is 0 Å². The summed E-state index contributed by atoms with van der Waals surface area (Å²) < 4.78 is 1.76. The van der Waals surface area contributed by atoms with Gasteiger partial charge in [-0.25, -0.2) is 0 Å². The van der Waals surface area contributed by atoms with Gasteiger partial charge < -0.3 is 5.11 Å². The maximum Gasteiger partial charge on any atom is 0.0844 e. The van der Waals surface area contributed by atoms with Crippen molar-refractivity contribution in [2.24, 2.45) is 0 Å². The van der Waals surface area contributed by atoms with Gasteiger partial charge in [0.2, 0.25) is 0 Å². The van der Waals surface area contributed by atoms with Crippen LogP contribution < -0.4 is 0 Å². The molecule has 0 saturated heterocycles. The molecule has 3 nitrogen and oxygen atoms in total. The second-order valence-corrected chi connectivity index (χ2v) is 3.61. The highest BCUT2D eigenvalue weighted by atomic mass is 35.5. The van der Waals surface area contributed by atoms with Crippen molar-refractivity contribution in [1.82, 2.24) is 9.78 Å². The van der Waals surface area contributed by atoms with Crippen molar-refractivity contribution in [3.05, 3.63) is 16.4 Å². The number of nitrogens with zero attached hydrogens (tertiary/aromatic N) is 2. The first kappa shape index (κ1) is 10.5. The summed E-state index contributed by atoms with van der Waals surface area (Å²) in [4.78, 5) is 0. The molecule has 1 aromatic rings. The number of halogens is 1. The van der Waals surface area contributed by atoms with Crippen LogP contribution >= 0.6 is 11.6 Å². The summed E-state index contributed by atoms with van der Waals surface area (Å²) in [7, 11) is 0. The van der Waals surface area contributed by atoms with Crippen LogP contribution in [0.1, 0.15) is 24.7 Å². The van der Waals surface area contributed by atoms with Gasteiger partial charge in [-0.2, -0.15) is 5.10 Å². The molecule has 0 aliphatic carbocycles. The Morgan fingerprint density at radius 2 is 2.15 bits per heavy atom. The van der Waals surface area contributed by atoms with Gasteiger partial charge in [-0.1, -0.05) is 18.5 Å². The summed E-state index contributed by atoms with van der Waals surface area (Å²) in [5.41, 5.74) is 1.74. The van der Waals surface area contributed by atoms with Crippen LogP contribution in [0.2, 0.25) is 5.02 Å². The Hall–Kier alpha value is -0.540. The Morgan fingerprint density at radius 3 is 2.54 bits per heavy atom. The maximum atomic E-state index is 9.43. The zero-order chi connectivity index (χ0) is 10.0. The number of aliphatic hydroxyl groups is 1. The fraction of sp³-hybridized carbons (Fsp3) is 0.667. The quantitative estimate of drug-likeness (QED) is 0.814. The number of rotatable bonds is 3. The number of aromatic nitrogens is 2. The molecule has 1 heterocycles. The van der Waals surface area contributed by atoms with Crippen LogP contribution in [-0.2, 0) is 6.54 Å². The lowest BCUT2D eigenvalue weighted by Crippen LogP contribution is -2.16. The van der Waals surface area contributed by atoms with Crippen LogP contribution in [0.15, 0.2) is 0 Å². The van der Waals surface area contributed by atoms with Crippen molar-refractivity contribution in [3.8, 4) is 0 Å². The van der Waals surface area contributed by atoms with Crippen LogP contribution in [0.3, 0.4) is 0 Å². The lowest BCUT2D eigenvalue weighted by Gasteiger charge is -2.08. The fourth-order valence-electron chi connectivity index (χ4n) is 1.18. The molecule has 0 aliphatic rings. The third-order valence-corrected chi connectivity index (χ3v) is 2.70. The Labute approximate surface area is 83.3 Å². The molecular formula is C9H15ClN2O. The minimum absolute atomic E-state index is 0.339. The van der Waals surface area contributed by atoms with Gasteiger partial charge in [0.05, 0.1) is 29.1 Å². The van der Waals surface area contributed by atoms with E-state index in [1.807, 2.05) is 20.8 Å². The summed E-state index contributed by atoms with van der Waals surface area (Å²) in [6.45, 7) is 6.24. The van der Waals surface area contributed by atoms with Crippen molar-refractivity contribution in [2.75, 3.05) is 0 Å². The van der Waals surface area contributed by atoms with Crippen molar-refractivity contribution in [1.29, 1.82) is 0 Å². The van der Waals surface area contributed by atoms with Gasteiger partial charge in [0.1, 0.15) is 0 Å². The van der Waals surface area contributed by atoms with Crippen LogP contribution in [0, 0.1) is 13.8 Å². The van der Waals surface area contributed by atoms with Crippen LogP contribution in [-0.4, -0.2) is 21.0 Å². The Kier molecular flexibility index (Phi) is 3.33. The Morgan fingerprint density at radius 1 is 1.54 bits per heavy atom. The van der Waals surface area contributed by atoms with E-state index >= 15 is 0 Å². The van der Waals surface area contributed by atoms with Crippen LogP contribution in [0.5, 0.6) is 0 Å². The molecule has 0 aliphatic heterocycles. The molecule has 0 fully saturated rings. The highest BCUT2D eigenvalue weighted by Gasteiger charge is 2.11. The number of hydrogen-bond donors (Lipinski definition) is 1. The highest BCUT2D eigenvalue weighted by Crippen LogP contribution is 2.19. The molecule has 0 spiro atoms. The molecule has 1 N–H and O–H groups in total. The molecule has 0 radical (unpaired) electrons. The zero-order valence-electron chi connectivity index (χ0n) is 8.21. The molecule has 1 aromatic heterocycles. The number of aliphatic hydroxyl groups excluding tert-OH is 1. The van der Waals surface area contributed by atoms with Crippen molar-refractivity contribution in [2.45, 2.75) is 39.8 Å². The molecule has 0 bridgehead atoms. The van der Waals surface area contributed by atoms with E-state index in [4.69, 9.17) is 11.6 Å². The molecule has 1 rings (SSSR count). The second kappa shape index (κ2) is 4.11. The Bertz CT molecular complexity index is 296. The first-order valence-electron chi connectivity index (χ1n) is 4.43. The SMILES string of the molecule is CCC(O)Cn1nc(C)c(Cl)c1C. The number of aryl methyl sites for hydroxylation is 1.